The Kier molecular flexibility index (Phi) is 5.77. The lowest BCUT2D eigenvalue weighted by Gasteiger charge is -2.31. The maximum Gasteiger partial charge on any atom is 0.229 e. The van der Waals surface area contributed by atoms with Crippen molar-refractivity contribution in [3.05, 3.63) is 24.3 Å². The Morgan fingerprint density at radius 3 is 2.73 bits per heavy atom. The molecule has 1 aliphatic rings. The molecule has 0 aromatic heterocycles. The van der Waals surface area contributed by atoms with Gasteiger partial charge in [-0.25, -0.2) is 0 Å². The minimum absolute atomic E-state index is 0.0268. The van der Waals surface area contributed by atoms with Gasteiger partial charge in [-0.3, -0.25) is 9.59 Å². The number of nitrogens with zero attached hydrogens (tertiary/aromatic N) is 1. The molecule has 22 heavy (non-hydrogen) atoms. The van der Waals surface area contributed by atoms with E-state index in [2.05, 4.69) is 5.32 Å². The quantitative estimate of drug-likeness (QED) is 0.856. The third kappa shape index (κ3) is 4.46. The third-order valence-electron chi connectivity index (χ3n) is 3.75. The van der Waals surface area contributed by atoms with Crippen molar-refractivity contribution in [2.24, 2.45) is 11.7 Å². The molecule has 6 nitrogen and oxygen atoms in total. The van der Waals surface area contributed by atoms with Crippen molar-refractivity contribution < 1.29 is 14.3 Å². The van der Waals surface area contributed by atoms with E-state index in [4.69, 9.17) is 10.5 Å². The molecule has 1 aliphatic heterocycles. The van der Waals surface area contributed by atoms with Gasteiger partial charge in [0.25, 0.3) is 0 Å². The molecule has 1 atom stereocenters. The minimum atomic E-state index is -0.147. The van der Waals surface area contributed by atoms with E-state index in [1.165, 1.54) is 0 Å². The summed E-state index contributed by atoms with van der Waals surface area (Å²) >= 11 is 0. The lowest BCUT2D eigenvalue weighted by atomic mass is 9.97. The minimum Gasteiger partial charge on any atom is -0.492 e. The van der Waals surface area contributed by atoms with Crippen molar-refractivity contribution in [1.82, 2.24) is 4.90 Å². The van der Waals surface area contributed by atoms with Crippen molar-refractivity contribution in [1.29, 1.82) is 0 Å². The number of ether oxygens (including phenoxy) is 1. The summed E-state index contributed by atoms with van der Waals surface area (Å²) in [6.45, 7) is 3.72. The standard InChI is InChI=1S/C16H23N3O3/c1-12(20)19-9-2-3-13(11-19)16(21)18-14-4-6-15(7-5-14)22-10-8-17/h4-7,13H,2-3,8-11,17H2,1H3,(H,18,21). The fraction of sp³-hybridized carbons (Fsp3) is 0.500. The van der Waals surface area contributed by atoms with E-state index >= 15 is 0 Å². The first-order chi connectivity index (χ1) is 10.6. The average Bonchev–Trinajstić information content (AvgIpc) is 2.54. The number of nitrogens with one attached hydrogen (secondary N) is 1. The van der Waals surface area contributed by atoms with Gasteiger partial charge in [-0.15, -0.1) is 0 Å². The lowest BCUT2D eigenvalue weighted by Crippen LogP contribution is -2.42. The van der Waals surface area contributed by atoms with Crippen molar-refractivity contribution in [3.8, 4) is 5.75 Å². The van der Waals surface area contributed by atoms with Gasteiger partial charge in [0.2, 0.25) is 11.8 Å². The van der Waals surface area contributed by atoms with Gasteiger partial charge in [0.1, 0.15) is 12.4 Å². The number of benzene rings is 1. The first kappa shape index (κ1) is 16.3. The summed E-state index contributed by atoms with van der Waals surface area (Å²) in [5, 5.41) is 2.90. The molecule has 1 heterocycles. The molecule has 120 valence electrons. The van der Waals surface area contributed by atoms with Gasteiger partial charge in [0.05, 0.1) is 5.92 Å². The van der Waals surface area contributed by atoms with Crippen LogP contribution in [0.15, 0.2) is 24.3 Å². The molecule has 3 N–H and O–H groups in total. The van der Waals surface area contributed by atoms with Gasteiger partial charge >= 0.3 is 0 Å². The molecule has 6 heteroatoms. The second kappa shape index (κ2) is 7.79. The van der Waals surface area contributed by atoms with Crippen LogP contribution in [0.25, 0.3) is 0 Å². The summed E-state index contributed by atoms with van der Waals surface area (Å²) in [7, 11) is 0. The number of piperidine rings is 1. The maximum absolute atomic E-state index is 12.3. The van der Waals surface area contributed by atoms with Crippen LogP contribution in [0, 0.1) is 5.92 Å². The number of nitrogens with two attached hydrogens (primary N) is 1. The number of hydrogen-bond acceptors (Lipinski definition) is 4. The summed E-state index contributed by atoms with van der Waals surface area (Å²) in [4.78, 5) is 25.4. The third-order valence-corrected chi connectivity index (χ3v) is 3.75. The monoisotopic (exact) mass is 305 g/mol. The first-order valence-corrected chi connectivity index (χ1v) is 7.59. The molecule has 1 aromatic carbocycles. The van der Waals surface area contributed by atoms with Crippen molar-refractivity contribution in [2.45, 2.75) is 19.8 Å². The van der Waals surface area contributed by atoms with Crippen molar-refractivity contribution >= 4 is 17.5 Å². The molecule has 0 aliphatic carbocycles. The predicted octanol–water partition coefficient (Wildman–Crippen LogP) is 1.22. The summed E-state index contributed by atoms with van der Waals surface area (Å²) in [6, 6.07) is 7.20. The highest BCUT2D eigenvalue weighted by Crippen LogP contribution is 2.20. The lowest BCUT2D eigenvalue weighted by molar-refractivity contribution is -0.132. The van der Waals surface area contributed by atoms with Gasteiger partial charge in [0.15, 0.2) is 0 Å². The molecule has 2 rings (SSSR count). The van der Waals surface area contributed by atoms with Gasteiger partial charge in [-0.1, -0.05) is 0 Å². The SMILES string of the molecule is CC(=O)N1CCCC(C(=O)Nc2ccc(OCCN)cc2)C1. The molecule has 0 saturated carbocycles. The Morgan fingerprint density at radius 2 is 2.09 bits per heavy atom. The number of anilines is 1. The normalized spacial score (nSPS) is 17.9. The van der Waals surface area contributed by atoms with E-state index in [1.54, 1.807) is 36.1 Å². The fourth-order valence-corrected chi connectivity index (χ4v) is 2.53. The molecular weight excluding hydrogens is 282 g/mol. The van der Waals surface area contributed by atoms with Crippen LogP contribution in [0.5, 0.6) is 5.75 Å². The Hall–Kier alpha value is -2.08. The second-order valence-corrected chi connectivity index (χ2v) is 5.45. The highest BCUT2D eigenvalue weighted by Gasteiger charge is 2.26. The topological polar surface area (TPSA) is 84.7 Å². The van der Waals surface area contributed by atoms with E-state index in [-0.39, 0.29) is 17.7 Å². The van der Waals surface area contributed by atoms with Crippen LogP contribution in [0.2, 0.25) is 0 Å². The van der Waals surface area contributed by atoms with Crippen LogP contribution >= 0.6 is 0 Å². The van der Waals surface area contributed by atoms with Crippen LogP contribution in [0.1, 0.15) is 19.8 Å². The number of rotatable bonds is 5. The zero-order valence-corrected chi connectivity index (χ0v) is 12.9. The Morgan fingerprint density at radius 1 is 1.36 bits per heavy atom. The largest absolute Gasteiger partial charge is 0.492 e. The zero-order chi connectivity index (χ0) is 15.9. The van der Waals surface area contributed by atoms with E-state index < -0.39 is 0 Å². The molecule has 1 unspecified atom stereocenters. The number of carbonyl (C=O) groups is 2. The van der Waals surface area contributed by atoms with Gasteiger partial charge in [-0.05, 0) is 37.1 Å². The Labute approximate surface area is 130 Å². The number of amides is 2. The van der Waals surface area contributed by atoms with Gasteiger partial charge in [-0.2, -0.15) is 0 Å². The summed E-state index contributed by atoms with van der Waals surface area (Å²) in [6.07, 6.45) is 1.68. The highest BCUT2D eigenvalue weighted by molar-refractivity contribution is 5.93. The molecule has 1 aromatic rings. The van der Waals surface area contributed by atoms with Crippen LogP contribution in [-0.2, 0) is 9.59 Å². The molecule has 2 amide bonds. The Bertz CT molecular complexity index is 516. The average molecular weight is 305 g/mol. The van der Waals surface area contributed by atoms with Crippen molar-refractivity contribution in [2.75, 3.05) is 31.6 Å². The predicted molar refractivity (Wildman–Crippen MR) is 84.6 cm³/mol. The maximum atomic E-state index is 12.3. The smallest absolute Gasteiger partial charge is 0.229 e. The molecule has 1 saturated heterocycles. The molecular formula is C16H23N3O3. The summed E-state index contributed by atoms with van der Waals surface area (Å²) < 4.78 is 5.39. The fourth-order valence-electron chi connectivity index (χ4n) is 2.53. The van der Waals surface area contributed by atoms with Crippen LogP contribution < -0.4 is 15.8 Å². The van der Waals surface area contributed by atoms with E-state index in [0.717, 1.165) is 30.8 Å². The highest BCUT2D eigenvalue weighted by atomic mass is 16.5. The summed E-state index contributed by atoms with van der Waals surface area (Å²) in [5.74, 6) is 0.565. The number of hydrogen-bond donors (Lipinski definition) is 2. The molecule has 0 bridgehead atoms. The van der Waals surface area contributed by atoms with E-state index in [9.17, 15) is 9.59 Å². The number of carbonyl (C=O) groups excluding carboxylic acids is 2. The zero-order valence-electron chi connectivity index (χ0n) is 12.9. The first-order valence-electron chi connectivity index (χ1n) is 7.59. The van der Waals surface area contributed by atoms with Crippen molar-refractivity contribution in [3.63, 3.8) is 0 Å². The number of likely N-dealkylation sites (tertiary alicyclic amines) is 1. The molecule has 1 fully saturated rings. The Balaban J connectivity index is 1.89. The van der Waals surface area contributed by atoms with E-state index in [1.807, 2.05) is 0 Å². The van der Waals surface area contributed by atoms with E-state index in [0.29, 0.717) is 19.7 Å². The van der Waals surface area contributed by atoms with Gasteiger partial charge in [0, 0.05) is 32.2 Å². The molecule has 0 radical (unpaired) electrons. The van der Waals surface area contributed by atoms with Gasteiger partial charge < -0.3 is 20.7 Å². The second-order valence-electron chi connectivity index (χ2n) is 5.45. The van der Waals surface area contributed by atoms with Crippen LogP contribution in [0.4, 0.5) is 5.69 Å². The molecule has 0 spiro atoms. The summed E-state index contributed by atoms with van der Waals surface area (Å²) in [5.41, 5.74) is 6.10. The van der Waals surface area contributed by atoms with Crippen LogP contribution in [0.3, 0.4) is 0 Å². The van der Waals surface area contributed by atoms with Crippen LogP contribution in [-0.4, -0.2) is 43.0 Å².